The van der Waals surface area contributed by atoms with Gasteiger partial charge in [-0.3, -0.25) is 0 Å². The van der Waals surface area contributed by atoms with E-state index >= 15 is 0 Å². The van der Waals surface area contributed by atoms with Crippen LogP contribution in [0, 0.1) is 0 Å². The molecule has 11 heavy (non-hydrogen) atoms. The Balaban J connectivity index is 3.50. The summed E-state index contributed by atoms with van der Waals surface area (Å²) >= 11 is 0. The molecule has 0 rings (SSSR count). The average molecular weight is 158 g/mol. The molecule has 0 saturated carbocycles. The van der Waals surface area contributed by atoms with E-state index < -0.39 is 0 Å². The lowest BCUT2D eigenvalue weighted by atomic mass is 10.0. The lowest BCUT2D eigenvalue weighted by molar-refractivity contribution is -0.0489. The standard InChI is InChI=1S/C7H15BO3/c1-6(8)11-7(4-9-2)5-10-3/h6-7H,4-5H2,1-3H3/t6-/m1/s1. The molecule has 0 heterocycles. The Labute approximate surface area is 69.4 Å². The summed E-state index contributed by atoms with van der Waals surface area (Å²) in [5.41, 5.74) is 0. The van der Waals surface area contributed by atoms with E-state index in [2.05, 4.69) is 0 Å². The van der Waals surface area contributed by atoms with E-state index in [0.717, 1.165) is 0 Å². The third kappa shape index (κ3) is 6.35. The van der Waals surface area contributed by atoms with Gasteiger partial charge >= 0.3 is 0 Å². The van der Waals surface area contributed by atoms with E-state index in [1.165, 1.54) is 0 Å². The first kappa shape index (κ1) is 10.9. The summed E-state index contributed by atoms with van der Waals surface area (Å²) in [7, 11) is 8.66. The van der Waals surface area contributed by atoms with Gasteiger partial charge in [0.15, 0.2) is 0 Å². The van der Waals surface area contributed by atoms with E-state index in [-0.39, 0.29) is 12.1 Å². The smallest absolute Gasteiger partial charge is 0.108 e. The molecule has 0 aliphatic heterocycles. The van der Waals surface area contributed by atoms with Crippen LogP contribution in [0.3, 0.4) is 0 Å². The van der Waals surface area contributed by atoms with E-state index in [9.17, 15) is 0 Å². The minimum absolute atomic E-state index is 0.0648. The highest BCUT2D eigenvalue weighted by molar-refractivity contribution is 6.10. The van der Waals surface area contributed by atoms with Gasteiger partial charge in [-0.25, -0.2) is 0 Å². The summed E-state index contributed by atoms with van der Waals surface area (Å²) in [4.78, 5) is 0. The Bertz CT molecular complexity index is 81.8. The summed E-state index contributed by atoms with van der Waals surface area (Å²) in [6, 6.07) is -0.273. The Morgan fingerprint density at radius 3 is 1.91 bits per heavy atom. The second kappa shape index (κ2) is 6.64. The molecule has 0 aromatic rings. The van der Waals surface area contributed by atoms with E-state index in [0.29, 0.717) is 13.2 Å². The number of rotatable bonds is 6. The van der Waals surface area contributed by atoms with Crippen LogP contribution in [0.5, 0.6) is 0 Å². The van der Waals surface area contributed by atoms with Gasteiger partial charge in [-0.15, -0.1) is 0 Å². The highest BCUT2D eigenvalue weighted by atomic mass is 16.6. The van der Waals surface area contributed by atoms with Gasteiger partial charge in [-0.1, -0.05) is 0 Å². The summed E-state index contributed by atoms with van der Waals surface area (Å²) in [5, 5.41) is 0. The molecule has 0 aromatic carbocycles. The van der Waals surface area contributed by atoms with E-state index in [1.54, 1.807) is 21.1 Å². The minimum Gasteiger partial charge on any atom is -0.382 e. The zero-order valence-electron chi connectivity index (χ0n) is 7.37. The van der Waals surface area contributed by atoms with Gasteiger partial charge in [0.05, 0.1) is 13.2 Å². The van der Waals surface area contributed by atoms with Gasteiger partial charge in [0, 0.05) is 20.2 Å². The van der Waals surface area contributed by atoms with Crippen LogP contribution in [0.25, 0.3) is 0 Å². The maximum absolute atomic E-state index is 5.42. The van der Waals surface area contributed by atoms with Crippen LogP contribution in [0.15, 0.2) is 0 Å². The van der Waals surface area contributed by atoms with Crippen molar-refractivity contribution >= 4 is 7.85 Å². The fraction of sp³-hybridized carbons (Fsp3) is 1.00. The molecule has 0 amide bonds. The van der Waals surface area contributed by atoms with Crippen LogP contribution in [0.2, 0.25) is 0 Å². The lowest BCUT2D eigenvalue weighted by Crippen LogP contribution is -2.28. The zero-order valence-corrected chi connectivity index (χ0v) is 7.37. The second-order valence-corrected chi connectivity index (χ2v) is 2.37. The predicted molar refractivity (Wildman–Crippen MR) is 43.8 cm³/mol. The topological polar surface area (TPSA) is 27.7 Å². The molecule has 4 heteroatoms. The second-order valence-electron chi connectivity index (χ2n) is 2.37. The molecule has 64 valence electrons. The van der Waals surface area contributed by atoms with Gasteiger partial charge in [-0.2, -0.15) is 0 Å². The average Bonchev–Trinajstić information content (AvgIpc) is 1.87. The molecule has 0 saturated heterocycles. The first-order valence-corrected chi connectivity index (χ1v) is 3.59. The van der Waals surface area contributed by atoms with Crippen LogP contribution in [0.4, 0.5) is 0 Å². The number of hydrogen-bond donors (Lipinski definition) is 0. The van der Waals surface area contributed by atoms with Crippen LogP contribution >= 0.6 is 0 Å². The molecule has 3 nitrogen and oxygen atoms in total. The third-order valence-electron chi connectivity index (χ3n) is 1.11. The third-order valence-corrected chi connectivity index (χ3v) is 1.11. The monoisotopic (exact) mass is 158 g/mol. The van der Waals surface area contributed by atoms with Crippen molar-refractivity contribution < 1.29 is 14.2 Å². The van der Waals surface area contributed by atoms with Crippen molar-refractivity contribution in [2.45, 2.75) is 19.0 Å². The van der Waals surface area contributed by atoms with Crippen molar-refractivity contribution in [1.82, 2.24) is 0 Å². The summed E-state index contributed by atoms with van der Waals surface area (Å²) in [6.45, 7) is 2.79. The van der Waals surface area contributed by atoms with Gasteiger partial charge < -0.3 is 14.2 Å². The maximum Gasteiger partial charge on any atom is 0.108 e. The first-order valence-electron chi connectivity index (χ1n) is 3.59. The summed E-state index contributed by atoms with van der Waals surface area (Å²) < 4.78 is 15.1. The number of ether oxygens (including phenoxy) is 3. The quantitative estimate of drug-likeness (QED) is 0.516. The van der Waals surface area contributed by atoms with Crippen LogP contribution in [-0.2, 0) is 14.2 Å². The minimum atomic E-state index is -0.273. The fourth-order valence-electron chi connectivity index (χ4n) is 0.802. The van der Waals surface area contributed by atoms with E-state index in [1.807, 2.05) is 0 Å². The summed E-state index contributed by atoms with van der Waals surface area (Å²) in [6.07, 6.45) is -0.0648. The van der Waals surface area contributed by atoms with Crippen molar-refractivity contribution in [3.63, 3.8) is 0 Å². The van der Waals surface area contributed by atoms with Gasteiger partial charge in [0.2, 0.25) is 0 Å². The maximum atomic E-state index is 5.42. The Hall–Kier alpha value is -0.0551. The highest BCUT2D eigenvalue weighted by Crippen LogP contribution is 1.96. The van der Waals surface area contributed by atoms with Crippen molar-refractivity contribution in [2.24, 2.45) is 0 Å². The fourth-order valence-corrected chi connectivity index (χ4v) is 0.802. The van der Waals surface area contributed by atoms with Crippen molar-refractivity contribution in [3.05, 3.63) is 0 Å². The van der Waals surface area contributed by atoms with E-state index in [4.69, 9.17) is 22.1 Å². The molecule has 0 bridgehead atoms. The Kier molecular flexibility index (Phi) is 6.61. The van der Waals surface area contributed by atoms with Gasteiger partial charge in [0.1, 0.15) is 14.0 Å². The Morgan fingerprint density at radius 1 is 1.18 bits per heavy atom. The summed E-state index contributed by atoms with van der Waals surface area (Å²) in [5.74, 6) is 0. The lowest BCUT2D eigenvalue weighted by Gasteiger charge is -2.18. The molecular weight excluding hydrogens is 143 g/mol. The van der Waals surface area contributed by atoms with Crippen molar-refractivity contribution in [2.75, 3.05) is 27.4 Å². The molecule has 0 aliphatic carbocycles. The number of hydrogen-bond acceptors (Lipinski definition) is 3. The Morgan fingerprint density at radius 2 is 1.64 bits per heavy atom. The normalized spacial score (nSPS) is 13.8. The molecular formula is C7H15BO3. The van der Waals surface area contributed by atoms with Crippen molar-refractivity contribution in [3.8, 4) is 0 Å². The molecule has 0 spiro atoms. The molecule has 0 fully saturated rings. The van der Waals surface area contributed by atoms with Crippen molar-refractivity contribution in [1.29, 1.82) is 0 Å². The largest absolute Gasteiger partial charge is 0.382 e. The molecule has 2 radical (unpaired) electrons. The van der Waals surface area contributed by atoms with Crippen LogP contribution < -0.4 is 0 Å². The highest BCUT2D eigenvalue weighted by Gasteiger charge is 2.09. The predicted octanol–water partition coefficient (Wildman–Crippen LogP) is 0.179. The van der Waals surface area contributed by atoms with Gasteiger partial charge in [0.25, 0.3) is 0 Å². The number of methoxy groups -OCH3 is 2. The molecule has 1 atom stereocenters. The zero-order chi connectivity index (χ0) is 8.69. The SMILES string of the molecule is [B][C@@H](C)OC(COC)COC. The molecule has 0 aliphatic rings. The first-order chi connectivity index (χ1) is 5.20. The molecule has 0 aromatic heterocycles. The van der Waals surface area contributed by atoms with Gasteiger partial charge in [-0.05, 0) is 6.92 Å². The molecule has 0 N–H and O–H groups in total. The van der Waals surface area contributed by atoms with Crippen LogP contribution in [-0.4, -0.2) is 47.4 Å². The van der Waals surface area contributed by atoms with Crippen LogP contribution in [0.1, 0.15) is 6.92 Å². The molecule has 0 unspecified atom stereocenters.